The highest BCUT2D eigenvalue weighted by molar-refractivity contribution is 5.94. The molecule has 0 fully saturated rings. The number of aliphatic carboxylic acids is 1. The van der Waals surface area contributed by atoms with E-state index in [1.54, 1.807) is 36.4 Å². The number of nitrogens with one attached hydrogen (secondary N) is 2. The maximum absolute atomic E-state index is 12.8. The number of anilines is 1. The van der Waals surface area contributed by atoms with Crippen molar-refractivity contribution >= 4 is 17.6 Å². The van der Waals surface area contributed by atoms with Gasteiger partial charge in [0.25, 0.3) is 5.91 Å². The molecule has 9 heteroatoms. The molecule has 0 saturated heterocycles. The van der Waals surface area contributed by atoms with Crippen molar-refractivity contribution in [2.24, 2.45) is 5.92 Å². The highest BCUT2D eigenvalue weighted by Gasteiger charge is 2.30. The van der Waals surface area contributed by atoms with Crippen molar-refractivity contribution in [2.45, 2.75) is 38.9 Å². The number of rotatable bonds is 12. The number of carbonyl (C=O) groups excluding carboxylic acids is 1. The van der Waals surface area contributed by atoms with Crippen molar-refractivity contribution in [3.8, 4) is 16.9 Å². The molecule has 0 spiro atoms. The first-order chi connectivity index (χ1) is 18.1. The van der Waals surface area contributed by atoms with Crippen molar-refractivity contribution in [3.63, 3.8) is 0 Å². The zero-order valence-corrected chi connectivity index (χ0v) is 21.2. The third-order valence-electron chi connectivity index (χ3n) is 6.28. The summed E-state index contributed by atoms with van der Waals surface area (Å²) in [6.07, 6.45) is -3.59. The van der Waals surface area contributed by atoms with Crippen molar-refractivity contribution in [1.82, 2.24) is 5.32 Å². The third-order valence-corrected chi connectivity index (χ3v) is 6.28. The number of benzene rings is 3. The summed E-state index contributed by atoms with van der Waals surface area (Å²) in [5, 5.41) is 14.7. The van der Waals surface area contributed by atoms with Gasteiger partial charge in [-0.15, -0.1) is 0 Å². The second-order valence-corrected chi connectivity index (χ2v) is 9.02. The van der Waals surface area contributed by atoms with E-state index in [1.807, 2.05) is 12.1 Å². The molecule has 3 N–H and O–H groups in total. The number of hydrogen-bond acceptors (Lipinski definition) is 4. The SMILES string of the molecule is CCC(C)[C@@H](COc1ccc(-c2ccc(C(F)(F)F)cc2)cc1)Nc1ccc(C(=O)NCCC(=O)O)cc1. The number of ether oxygens (including phenoxy) is 1. The van der Waals surface area contributed by atoms with Gasteiger partial charge in [-0.25, -0.2) is 0 Å². The lowest BCUT2D eigenvalue weighted by Gasteiger charge is -2.25. The zero-order chi connectivity index (χ0) is 27.7. The van der Waals surface area contributed by atoms with Gasteiger partial charge in [0.1, 0.15) is 12.4 Å². The van der Waals surface area contributed by atoms with Crippen LogP contribution in [0.2, 0.25) is 0 Å². The smallest absolute Gasteiger partial charge is 0.416 e. The number of carbonyl (C=O) groups is 2. The van der Waals surface area contributed by atoms with Crippen LogP contribution in [0.25, 0.3) is 11.1 Å². The topological polar surface area (TPSA) is 87.7 Å². The molecule has 0 aliphatic heterocycles. The summed E-state index contributed by atoms with van der Waals surface area (Å²) in [5.41, 5.74) is 2.04. The minimum absolute atomic E-state index is 0.0233. The van der Waals surface area contributed by atoms with Crippen LogP contribution >= 0.6 is 0 Å². The number of alkyl halides is 3. The Morgan fingerprint density at radius 1 is 0.921 bits per heavy atom. The first kappa shape index (κ1) is 28.6. The van der Waals surface area contributed by atoms with Crippen LogP contribution in [-0.4, -0.2) is 36.2 Å². The molecule has 1 amide bonds. The predicted molar refractivity (Wildman–Crippen MR) is 140 cm³/mol. The van der Waals surface area contributed by atoms with Gasteiger partial charge in [0.2, 0.25) is 0 Å². The Kier molecular flexibility index (Phi) is 9.76. The van der Waals surface area contributed by atoms with E-state index in [9.17, 15) is 22.8 Å². The molecule has 3 aromatic carbocycles. The first-order valence-electron chi connectivity index (χ1n) is 12.3. The van der Waals surface area contributed by atoms with Gasteiger partial charge in [0.05, 0.1) is 18.0 Å². The van der Waals surface area contributed by atoms with Crippen LogP contribution in [0.4, 0.5) is 18.9 Å². The molecule has 3 rings (SSSR count). The van der Waals surface area contributed by atoms with Crippen LogP contribution in [0.1, 0.15) is 42.6 Å². The number of halogens is 3. The van der Waals surface area contributed by atoms with Crippen LogP contribution in [0.15, 0.2) is 72.8 Å². The molecule has 0 radical (unpaired) electrons. The average molecular weight is 529 g/mol. The quantitative estimate of drug-likeness (QED) is 0.250. The lowest BCUT2D eigenvalue weighted by Crippen LogP contribution is -2.33. The van der Waals surface area contributed by atoms with Gasteiger partial charge < -0.3 is 20.5 Å². The highest BCUT2D eigenvalue weighted by Crippen LogP contribution is 2.31. The summed E-state index contributed by atoms with van der Waals surface area (Å²) < 4.78 is 44.4. The van der Waals surface area contributed by atoms with Gasteiger partial charge in [-0.05, 0) is 65.6 Å². The Hall–Kier alpha value is -4.01. The second kappa shape index (κ2) is 13.0. The Labute approximate surface area is 219 Å². The summed E-state index contributed by atoms with van der Waals surface area (Å²) >= 11 is 0. The molecule has 1 unspecified atom stereocenters. The minimum atomic E-state index is -4.36. The number of carboxylic acid groups (broad SMARTS) is 1. The third kappa shape index (κ3) is 8.26. The van der Waals surface area contributed by atoms with E-state index in [0.717, 1.165) is 29.8 Å². The van der Waals surface area contributed by atoms with E-state index in [1.165, 1.54) is 12.1 Å². The molecule has 0 aliphatic carbocycles. The lowest BCUT2D eigenvalue weighted by molar-refractivity contribution is -0.138. The van der Waals surface area contributed by atoms with E-state index in [0.29, 0.717) is 23.5 Å². The molecule has 38 heavy (non-hydrogen) atoms. The van der Waals surface area contributed by atoms with Crippen LogP contribution < -0.4 is 15.4 Å². The van der Waals surface area contributed by atoms with E-state index < -0.39 is 17.7 Å². The standard InChI is InChI=1S/C29H31F3N2O4/c1-3-19(2)26(34-24-12-6-22(7-13-24)28(37)33-17-16-27(35)36)18-38-25-14-8-21(9-15-25)20-4-10-23(11-5-20)29(30,31)32/h4-15,19,26,34H,3,16-18H2,1-2H3,(H,33,37)(H,35,36)/t19?,26-/m1/s1. The number of carboxylic acids is 1. The molecule has 0 aromatic heterocycles. The molecule has 0 heterocycles. The fourth-order valence-corrected chi connectivity index (χ4v) is 3.73. The van der Waals surface area contributed by atoms with Crippen LogP contribution in [0.5, 0.6) is 5.75 Å². The monoisotopic (exact) mass is 528 g/mol. The summed E-state index contributed by atoms with van der Waals surface area (Å²) in [6.45, 7) is 4.64. The summed E-state index contributed by atoms with van der Waals surface area (Å²) in [4.78, 5) is 22.8. The second-order valence-electron chi connectivity index (χ2n) is 9.02. The van der Waals surface area contributed by atoms with Crippen molar-refractivity contribution in [3.05, 3.63) is 83.9 Å². The van der Waals surface area contributed by atoms with Gasteiger partial charge in [0.15, 0.2) is 0 Å². The van der Waals surface area contributed by atoms with Crippen LogP contribution in [0, 0.1) is 5.92 Å². The minimum Gasteiger partial charge on any atom is -0.491 e. The van der Waals surface area contributed by atoms with Gasteiger partial charge >= 0.3 is 12.1 Å². The molecule has 0 saturated carbocycles. The number of amides is 1. The van der Waals surface area contributed by atoms with E-state index in [2.05, 4.69) is 24.5 Å². The normalized spacial score (nSPS) is 12.9. The fraction of sp³-hybridized carbons (Fsp3) is 0.310. The molecule has 0 aliphatic rings. The predicted octanol–water partition coefficient (Wildman–Crippen LogP) is 6.48. The summed E-state index contributed by atoms with van der Waals surface area (Å²) in [5.74, 6) is -0.387. The average Bonchev–Trinajstić information content (AvgIpc) is 2.90. The fourth-order valence-electron chi connectivity index (χ4n) is 3.73. The van der Waals surface area contributed by atoms with E-state index in [4.69, 9.17) is 9.84 Å². The molecule has 2 atom stereocenters. The van der Waals surface area contributed by atoms with Crippen molar-refractivity contribution < 1.29 is 32.6 Å². The molecular formula is C29H31F3N2O4. The Morgan fingerprint density at radius 3 is 2.03 bits per heavy atom. The van der Waals surface area contributed by atoms with Gasteiger partial charge in [0, 0.05) is 17.8 Å². The van der Waals surface area contributed by atoms with Crippen LogP contribution in [0.3, 0.4) is 0 Å². The highest BCUT2D eigenvalue weighted by atomic mass is 19.4. The largest absolute Gasteiger partial charge is 0.491 e. The summed E-state index contributed by atoms with van der Waals surface area (Å²) in [7, 11) is 0. The van der Waals surface area contributed by atoms with E-state index >= 15 is 0 Å². The van der Waals surface area contributed by atoms with Crippen molar-refractivity contribution in [2.75, 3.05) is 18.5 Å². The Bertz CT molecular complexity index is 1190. The van der Waals surface area contributed by atoms with Crippen LogP contribution in [-0.2, 0) is 11.0 Å². The maximum atomic E-state index is 12.8. The Balaban J connectivity index is 1.58. The molecular weight excluding hydrogens is 497 g/mol. The van der Waals surface area contributed by atoms with E-state index in [-0.39, 0.29) is 30.8 Å². The molecule has 3 aromatic rings. The molecule has 0 bridgehead atoms. The van der Waals surface area contributed by atoms with Gasteiger partial charge in [-0.2, -0.15) is 13.2 Å². The summed E-state index contributed by atoms with van der Waals surface area (Å²) in [6, 6.07) is 19.1. The Morgan fingerprint density at radius 2 is 1.50 bits per heavy atom. The zero-order valence-electron chi connectivity index (χ0n) is 21.2. The lowest BCUT2D eigenvalue weighted by atomic mass is 9.99. The first-order valence-corrected chi connectivity index (χ1v) is 12.3. The maximum Gasteiger partial charge on any atom is 0.416 e. The van der Waals surface area contributed by atoms with Gasteiger partial charge in [-0.1, -0.05) is 44.5 Å². The number of hydrogen-bond donors (Lipinski definition) is 3. The van der Waals surface area contributed by atoms with Crippen molar-refractivity contribution in [1.29, 1.82) is 0 Å². The molecule has 6 nitrogen and oxygen atoms in total. The molecule has 202 valence electrons. The van der Waals surface area contributed by atoms with Gasteiger partial charge in [-0.3, -0.25) is 9.59 Å².